The molecule has 6 heteroatoms. The monoisotopic (exact) mass is 424 g/mol. The minimum atomic E-state index is -0.200. The molecule has 0 heterocycles. The Morgan fingerprint density at radius 2 is 1.68 bits per heavy atom. The maximum absolute atomic E-state index is 12.4. The van der Waals surface area contributed by atoms with Gasteiger partial charge in [-0.25, -0.2) is 0 Å². The Balaban J connectivity index is 1.76. The van der Waals surface area contributed by atoms with Crippen molar-refractivity contribution in [2.45, 2.75) is 45.6 Å². The highest BCUT2D eigenvalue weighted by Gasteiger charge is 2.11. The lowest BCUT2D eigenvalue weighted by atomic mass is 10.1. The van der Waals surface area contributed by atoms with Gasteiger partial charge in [-0.1, -0.05) is 31.9 Å². The van der Waals surface area contributed by atoms with Crippen molar-refractivity contribution >= 4 is 17.6 Å². The van der Waals surface area contributed by atoms with Crippen LogP contribution in [0.3, 0.4) is 0 Å². The molecule has 166 valence electrons. The number of nitrogens with one attached hydrogen (secondary N) is 1. The van der Waals surface area contributed by atoms with Crippen LogP contribution in [0, 0.1) is 0 Å². The number of benzene rings is 2. The van der Waals surface area contributed by atoms with Crippen LogP contribution in [-0.4, -0.2) is 43.2 Å². The van der Waals surface area contributed by atoms with E-state index in [2.05, 4.69) is 12.2 Å². The van der Waals surface area contributed by atoms with Gasteiger partial charge in [0.05, 0.1) is 6.61 Å². The summed E-state index contributed by atoms with van der Waals surface area (Å²) in [5.41, 5.74) is 1.98. The number of rotatable bonds is 12. The third kappa shape index (κ3) is 8.24. The quantitative estimate of drug-likeness (QED) is 0.409. The van der Waals surface area contributed by atoms with Crippen LogP contribution >= 0.6 is 0 Å². The Kier molecular flexibility index (Phi) is 9.75. The van der Waals surface area contributed by atoms with Crippen molar-refractivity contribution in [1.82, 2.24) is 10.2 Å². The molecule has 0 aliphatic heterocycles. The molecule has 31 heavy (non-hydrogen) atoms. The summed E-state index contributed by atoms with van der Waals surface area (Å²) in [5, 5.41) is 2.81. The summed E-state index contributed by atoms with van der Waals surface area (Å²) < 4.78 is 5.65. The van der Waals surface area contributed by atoms with Crippen LogP contribution in [0.1, 0.15) is 65.3 Å². The largest absolute Gasteiger partial charge is 0.494 e. The summed E-state index contributed by atoms with van der Waals surface area (Å²) in [4.78, 5) is 38.0. The first-order valence-corrected chi connectivity index (χ1v) is 10.7. The fourth-order valence-corrected chi connectivity index (χ4v) is 3.01. The van der Waals surface area contributed by atoms with Crippen LogP contribution < -0.4 is 10.1 Å². The third-order valence-corrected chi connectivity index (χ3v) is 4.84. The zero-order chi connectivity index (χ0) is 22.6. The molecule has 0 fully saturated rings. The van der Waals surface area contributed by atoms with Crippen LogP contribution in [-0.2, 0) is 11.3 Å². The topological polar surface area (TPSA) is 75.7 Å². The Morgan fingerprint density at radius 3 is 2.35 bits per heavy atom. The van der Waals surface area contributed by atoms with Gasteiger partial charge in [0.1, 0.15) is 5.75 Å². The number of Topliss-reactive ketones (excluding diaryl/α,β-unsaturated/α-hetero) is 1. The van der Waals surface area contributed by atoms with Gasteiger partial charge < -0.3 is 15.0 Å². The van der Waals surface area contributed by atoms with Crippen LogP contribution in [0.4, 0.5) is 0 Å². The van der Waals surface area contributed by atoms with Crippen molar-refractivity contribution in [3.8, 4) is 5.75 Å². The number of ketones is 1. The first kappa shape index (κ1) is 24.1. The van der Waals surface area contributed by atoms with Gasteiger partial charge in [0, 0.05) is 44.6 Å². The van der Waals surface area contributed by atoms with Gasteiger partial charge in [-0.2, -0.15) is 0 Å². The first-order chi connectivity index (χ1) is 14.9. The van der Waals surface area contributed by atoms with E-state index in [9.17, 15) is 14.4 Å². The molecule has 0 saturated heterocycles. The molecule has 0 aliphatic carbocycles. The fourth-order valence-electron chi connectivity index (χ4n) is 3.01. The lowest BCUT2D eigenvalue weighted by molar-refractivity contribution is -0.121. The molecular weight excluding hydrogens is 392 g/mol. The Hall–Kier alpha value is -3.15. The Morgan fingerprint density at radius 1 is 0.935 bits per heavy atom. The predicted molar refractivity (Wildman–Crippen MR) is 121 cm³/mol. The van der Waals surface area contributed by atoms with Crippen molar-refractivity contribution in [3.63, 3.8) is 0 Å². The zero-order valence-corrected chi connectivity index (χ0v) is 18.6. The van der Waals surface area contributed by atoms with Crippen molar-refractivity contribution in [2.75, 3.05) is 20.7 Å². The summed E-state index contributed by atoms with van der Waals surface area (Å²) in [6.07, 6.45) is 3.56. The summed E-state index contributed by atoms with van der Waals surface area (Å²) in [6.45, 7) is 3.13. The van der Waals surface area contributed by atoms with E-state index in [-0.39, 0.29) is 30.4 Å². The van der Waals surface area contributed by atoms with E-state index in [1.807, 2.05) is 6.07 Å². The molecule has 0 aliphatic rings. The number of carbonyl (C=O) groups is 3. The number of ether oxygens (including phenoxy) is 1. The molecule has 0 saturated carbocycles. The van der Waals surface area contributed by atoms with E-state index in [0.29, 0.717) is 24.3 Å². The van der Waals surface area contributed by atoms with E-state index in [1.165, 1.54) is 4.90 Å². The van der Waals surface area contributed by atoms with Crippen molar-refractivity contribution in [2.24, 2.45) is 0 Å². The van der Waals surface area contributed by atoms with E-state index in [1.54, 1.807) is 56.6 Å². The van der Waals surface area contributed by atoms with Gasteiger partial charge in [0.15, 0.2) is 5.78 Å². The van der Waals surface area contributed by atoms with E-state index in [0.717, 1.165) is 30.6 Å². The van der Waals surface area contributed by atoms with E-state index in [4.69, 9.17) is 4.74 Å². The highest BCUT2D eigenvalue weighted by atomic mass is 16.5. The fraction of sp³-hybridized carbons (Fsp3) is 0.400. The average molecular weight is 425 g/mol. The molecule has 6 nitrogen and oxygen atoms in total. The molecule has 2 aromatic rings. The smallest absolute Gasteiger partial charge is 0.253 e. The van der Waals surface area contributed by atoms with Gasteiger partial charge >= 0.3 is 0 Å². The number of hydrogen-bond donors (Lipinski definition) is 1. The Labute approximate surface area is 184 Å². The van der Waals surface area contributed by atoms with Crippen LogP contribution in [0.2, 0.25) is 0 Å². The summed E-state index contributed by atoms with van der Waals surface area (Å²) in [5.74, 6) is 0.386. The van der Waals surface area contributed by atoms with Crippen molar-refractivity contribution in [3.05, 3.63) is 65.2 Å². The molecule has 0 unspecified atom stereocenters. The summed E-state index contributed by atoms with van der Waals surface area (Å²) >= 11 is 0. The first-order valence-electron chi connectivity index (χ1n) is 10.7. The molecule has 0 bridgehead atoms. The number of hydrogen-bond acceptors (Lipinski definition) is 4. The van der Waals surface area contributed by atoms with Gasteiger partial charge in [-0.05, 0) is 48.4 Å². The number of amides is 2. The molecule has 2 aromatic carbocycles. The maximum atomic E-state index is 12.4. The lowest BCUT2D eigenvalue weighted by Gasteiger charge is -2.11. The van der Waals surface area contributed by atoms with E-state index >= 15 is 0 Å². The second-order valence-electron chi connectivity index (χ2n) is 7.68. The molecule has 0 radical (unpaired) electrons. The molecule has 0 spiro atoms. The van der Waals surface area contributed by atoms with E-state index < -0.39 is 0 Å². The zero-order valence-electron chi connectivity index (χ0n) is 18.6. The van der Waals surface area contributed by atoms with Gasteiger partial charge in [-0.15, -0.1) is 0 Å². The second kappa shape index (κ2) is 12.5. The average Bonchev–Trinajstić information content (AvgIpc) is 2.79. The Bertz CT molecular complexity index is 875. The van der Waals surface area contributed by atoms with Crippen LogP contribution in [0.25, 0.3) is 0 Å². The second-order valence-corrected chi connectivity index (χ2v) is 7.68. The van der Waals surface area contributed by atoms with Crippen molar-refractivity contribution < 1.29 is 19.1 Å². The SMILES string of the molecule is CCCCCOc1ccc(C(=O)CCC(=O)NCc2cccc(C(=O)N(C)C)c2)cc1. The number of unbranched alkanes of at least 4 members (excludes halogenated alkanes) is 2. The summed E-state index contributed by atoms with van der Waals surface area (Å²) in [7, 11) is 3.39. The molecule has 2 amide bonds. The minimum Gasteiger partial charge on any atom is -0.494 e. The van der Waals surface area contributed by atoms with Gasteiger partial charge in [-0.3, -0.25) is 14.4 Å². The molecule has 2 rings (SSSR count). The summed E-state index contributed by atoms with van der Waals surface area (Å²) in [6, 6.07) is 14.2. The number of carbonyl (C=O) groups excluding carboxylic acids is 3. The minimum absolute atomic E-state index is 0.0775. The molecule has 1 N–H and O–H groups in total. The van der Waals surface area contributed by atoms with Gasteiger partial charge in [0.2, 0.25) is 5.91 Å². The highest BCUT2D eigenvalue weighted by molar-refractivity contribution is 5.98. The third-order valence-electron chi connectivity index (χ3n) is 4.84. The lowest BCUT2D eigenvalue weighted by Crippen LogP contribution is -2.24. The van der Waals surface area contributed by atoms with Crippen LogP contribution in [0.5, 0.6) is 5.75 Å². The maximum Gasteiger partial charge on any atom is 0.253 e. The predicted octanol–water partition coefficient (Wildman–Crippen LogP) is 4.24. The highest BCUT2D eigenvalue weighted by Crippen LogP contribution is 2.15. The standard InChI is InChI=1S/C25H32N2O4/c1-4-5-6-16-31-22-12-10-20(11-13-22)23(28)14-15-24(29)26-18-19-8-7-9-21(17-19)25(30)27(2)3/h7-13,17H,4-6,14-16,18H2,1-3H3,(H,26,29). The molecule has 0 atom stereocenters. The van der Waals surface area contributed by atoms with Crippen LogP contribution in [0.15, 0.2) is 48.5 Å². The number of nitrogens with zero attached hydrogens (tertiary/aromatic N) is 1. The molecular formula is C25H32N2O4. The molecule has 0 aromatic heterocycles. The normalized spacial score (nSPS) is 10.4. The van der Waals surface area contributed by atoms with Crippen molar-refractivity contribution in [1.29, 1.82) is 0 Å². The van der Waals surface area contributed by atoms with Gasteiger partial charge in [0.25, 0.3) is 5.91 Å².